The molecule has 0 spiro atoms. The molecule has 1 aliphatic rings. The second-order valence-electron chi connectivity index (χ2n) is 8.37. The third-order valence-corrected chi connectivity index (χ3v) is 6.02. The molecule has 178 valence electrons. The molecule has 7 nitrogen and oxygen atoms in total. The van der Waals surface area contributed by atoms with E-state index in [2.05, 4.69) is 32.9 Å². The summed E-state index contributed by atoms with van der Waals surface area (Å²) >= 11 is 0. The molecule has 0 atom stereocenters. The second-order valence-corrected chi connectivity index (χ2v) is 8.37. The van der Waals surface area contributed by atoms with Gasteiger partial charge >= 0.3 is 0 Å². The summed E-state index contributed by atoms with van der Waals surface area (Å²) in [5.74, 6) is 0.847. The van der Waals surface area contributed by atoms with Crippen LogP contribution in [0, 0.1) is 18.2 Å². The topological polar surface area (TPSA) is 104 Å². The monoisotopic (exact) mass is 477 g/mol. The van der Waals surface area contributed by atoms with Crippen molar-refractivity contribution in [2.75, 3.05) is 22.5 Å². The number of anilines is 3. The fraction of sp³-hybridized carbons (Fsp3) is 0.0714. The first kappa shape index (κ1) is 22.9. The Morgan fingerprint density at radius 2 is 1.92 bits per heavy atom. The molecule has 0 radical (unpaired) electrons. The zero-order chi connectivity index (χ0) is 25.2. The first-order chi connectivity index (χ1) is 17.4. The fourth-order valence-electron chi connectivity index (χ4n) is 4.27. The first-order valence-electron chi connectivity index (χ1n) is 11.3. The van der Waals surface area contributed by atoms with Gasteiger partial charge in [-0.1, -0.05) is 49.0 Å². The number of hydrogen-bond donors (Lipinski definition) is 3. The Labute approximate surface area is 208 Å². The van der Waals surface area contributed by atoms with Gasteiger partial charge in [0.15, 0.2) is 0 Å². The molecular formula is C28H24FN7. The molecule has 2 aromatic carbocycles. The van der Waals surface area contributed by atoms with Gasteiger partial charge in [0.25, 0.3) is 0 Å². The van der Waals surface area contributed by atoms with Crippen molar-refractivity contribution in [1.29, 1.82) is 5.41 Å². The van der Waals surface area contributed by atoms with E-state index in [1.807, 2.05) is 48.2 Å². The maximum atomic E-state index is 13.8. The first-order valence-corrected chi connectivity index (χ1v) is 11.3. The highest BCUT2D eigenvalue weighted by atomic mass is 19.1. The average Bonchev–Trinajstić information content (AvgIpc) is 2.88. The van der Waals surface area contributed by atoms with Crippen LogP contribution in [0.1, 0.15) is 27.8 Å². The van der Waals surface area contributed by atoms with E-state index in [0.717, 1.165) is 33.9 Å². The lowest BCUT2D eigenvalue weighted by Gasteiger charge is -2.34. The van der Waals surface area contributed by atoms with E-state index in [4.69, 9.17) is 11.1 Å². The van der Waals surface area contributed by atoms with Gasteiger partial charge in [0.1, 0.15) is 29.6 Å². The SMILES string of the molecule is C=C1c2ccccc2C=C(CNc2ncnc(N)c2C(=N)c2cccc(F)c2)N1c1ncccc1C. The number of hydrogen-bond acceptors (Lipinski definition) is 7. The van der Waals surface area contributed by atoms with Gasteiger partial charge in [-0.05, 0) is 42.3 Å². The molecule has 3 heterocycles. The minimum atomic E-state index is -0.437. The van der Waals surface area contributed by atoms with Crippen LogP contribution in [0.4, 0.5) is 21.8 Å². The largest absolute Gasteiger partial charge is 0.383 e. The summed E-state index contributed by atoms with van der Waals surface area (Å²) in [5, 5.41) is 12.0. The molecule has 8 heteroatoms. The highest BCUT2D eigenvalue weighted by molar-refractivity contribution is 6.16. The van der Waals surface area contributed by atoms with Gasteiger partial charge in [-0.3, -0.25) is 10.3 Å². The number of nitrogens with two attached hydrogens (primary N) is 1. The van der Waals surface area contributed by atoms with Crippen LogP contribution in [0.25, 0.3) is 11.8 Å². The lowest BCUT2D eigenvalue weighted by Crippen LogP contribution is -2.29. The summed E-state index contributed by atoms with van der Waals surface area (Å²) in [6.07, 6.45) is 5.17. The number of aromatic nitrogens is 3. The predicted molar refractivity (Wildman–Crippen MR) is 142 cm³/mol. The van der Waals surface area contributed by atoms with Gasteiger partial charge in [0.2, 0.25) is 0 Å². The Morgan fingerprint density at radius 1 is 1.08 bits per heavy atom. The molecule has 0 bridgehead atoms. The van der Waals surface area contributed by atoms with Crippen molar-refractivity contribution < 1.29 is 4.39 Å². The molecular weight excluding hydrogens is 453 g/mol. The van der Waals surface area contributed by atoms with E-state index in [0.29, 0.717) is 23.5 Å². The molecule has 0 unspecified atom stereocenters. The van der Waals surface area contributed by atoms with Crippen molar-refractivity contribution in [2.45, 2.75) is 6.92 Å². The van der Waals surface area contributed by atoms with Gasteiger partial charge < -0.3 is 11.1 Å². The summed E-state index contributed by atoms with van der Waals surface area (Å²) in [6.45, 7) is 6.71. The van der Waals surface area contributed by atoms with Crippen LogP contribution in [-0.4, -0.2) is 27.2 Å². The van der Waals surface area contributed by atoms with Crippen LogP contribution in [0.15, 0.2) is 85.5 Å². The summed E-state index contributed by atoms with van der Waals surface area (Å²) in [6, 6.07) is 17.8. The van der Waals surface area contributed by atoms with E-state index in [1.54, 1.807) is 18.3 Å². The fourth-order valence-corrected chi connectivity index (χ4v) is 4.27. The quantitative estimate of drug-likeness (QED) is 0.327. The lowest BCUT2D eigenvalue weighted by molar-refractivity contribution is 0.627. The van der Waals surface area contributed by atoms with Crippen LogP contribution >= 0.6 is 0 Å². The molecule has 0 saturated carbocycles. The van der Waals surface area contributed by atoms with Crippen LogP contribution < -0.4 is 16.0 Å². The molecule has 5 rings (SSSR count). The Bertz CT molecular complexity index is 1530. The van der Waals surface area contributed by atoms with E-state index in [-0.39, 0.29) is 11.5 Å². The van der Waals surface area contributed by atoms with E-state index >= 15 is 0 Å². The Kier molecular flexibility index (Phi) is 6.00. The number of fused-ring (bicyclic) bond motifs is 1. The molecule has 4 N–H and O–H groups in total. The molecule has 1 aliphatic heterocycles. The smallest absolute Gasteiger partial charge is 0.141 e. The molecule has 0 amide bonds. The standard InChI is InChI=1S/C28H24FN7/c1-17-7-6-12-32-28(17)36-18(2)23-11-4-3-8-19(23)14-22(36)15-33-27-24(26(31)34-16-35-27)25(30)20-9-5-10-21(29)13-20/h3-14,16,30H,2,15H2,1H3,(H3,31,33,34,35). The summed E-state index contributed by atoms with van der Waals surface area (Å²) in [7, 11) is 0. The number of nitrogen functional groups attached to an aromatic ring is 1. The van der Waals surface area contributed by atoms with Gasteiger partial charge in [0, 0.05) is 28.7 Å². The molecule has 36 heavy (non-hydrogen) atoms. The van der Waals surface area contributed by atoms with Crippen molar-refractivity contribution in [2.24, 2.45) is 0 Å². The van der Waals surface area contributed by atoms with Crippen LogP contribution in [-0.2, 0) is 0 Å². The van der Waals surface area contributed by atoms with E-state index < -0.39 is 5.82 Å². The third-order valence-electron chi connectivity index (χ3n) is 6.02. The number of nitrogens with one attached hydrogen (secondary N) is 2. The van der Waals surface area contributed by atoms with Crippen molar-refractivity contribution >= 4 is 34.9 Å². The maximum Gasteiger partial charge on any atom is 0.141 e. The van der Waals surface area contributed by atoms with Crippen LogP contribution in [0.2, 0.25) is 0 Å². The summed E-state index contributed by atoms with van der Waals surface area (Å²) in [5.41, 5.74) is 11.6. The van der Waals surface area contributed by atoms with Gasteiger partial charge in [-0.15, -0.1) is 0 Å². The number of nitrogens with zero attached hydrogens (tertiary/aromatic N) is 4. The van der Waals surface area contributed by atoms with Crippen molar-refractivity contribution in [3.63, 3.8) is 0 Å². The highest BCUT2D eigenvalue weighted by Crippen LogP contribution is 2.37. The maximum absolute atomic E-state index is 13.8. The summed E-state index contributed by atoms with van der Waals surface area (Å²) < 4.78 is 13.8. The minimum Gasteiger partial charge on any atom is -0.383 e. The predicted octanol–water partition coefficient (Wildman–Crippen LogP) is 5.26. The number of benzene rings is 2. The molecule has 0 aliphatic carbocycles. The lowest BCUT2D eigenvalue weighted by atomic mass is 9.98. The van der Waals surface area contributed by atoms with Crippen molar-refractivity contribution in [3.8, 4) is 0 Å². The van der Waals surface area contributed by atoms with Crippen molar-refractivity contribution in [1.82, 2.24) is 15.0 Å². The minimum absolute atomic E-state index is 0.0277. The second kappa shape index (κ2) is 9.42. The van der Waals surface area contributed by atoms with Gasteiger partial charge in [0.05, 0.1) is 17.8 Å². The number of aryl methyl sites for hydroxylation is 1. The normalized spacial score (nSPS) is 12.7. The Morgan fingerprint density at radius 3 is 2.72 bits per heavy atom. The van der Waals surface area contributed by atoms with E-state index in [1.165, 1.54) is 18.5 Å². The summed E-state index contributed by atoms with van der Waals surface area (Å²) in [4.78, 5) is 15.1. The molecule has 0 saturated heterocycles. The zero-order valence-corrected chi connectivity index (χ0v) is 19.7. The number of rotatable bonds is 6. The number of halogens is 1. The average molecular weight is 478 g/mol. The van der Waals surface area contributed by atoms with E-state index in [9.17, 15) is 4.39 Å². The molecule has 2 aromatic heterocycles. The van der Waals surface area contributed by atoms with Crippen molar-refractivity contribution in [3.05, 3.63) is 119 Å². The van der Waals surface area contributed by atoms with Crippen LogP contribution in [0.3, 0.4) is 0 Å². The van der Waals surface area contributed by atoms with Gasteiger partial charge in [-0.25, -0.2) is 19.3 Å². The van der Waals surface area contributed by atoms with Gasteiger partial charge in [-0.2, -0.15) is 0 Å². The third kappa shape index (κ3) is 4.20. The zero-order valence-electron chi connectivity index (χ0n) is 19.7. The molecule has 4 aromatic rings. The van der Waals surface area contributed by atoms with Crippen LogP contribution in [0.5, 0.6) is 0 Å². The molecule has 0 fully saturated rings. The Hall–Kier alpha value is -4.85. The Balaban J connectivity index is 1.53. The highest BCUT2D eigenvalue weighted by Gasteiger charge is 2.26. The number of pyridine rings is 1.